The first-order valence-corrected chi connectivity index (χ1v) is 4.93. The summed E-state index contributed by atoms with van der Waals surface area (Å²) in [7, 11) is 1.71. The van der Waals surface area contributed by atoms with Crippen LogP contribution in [0.1, 0.15) is 5.56 Å². The Morgan fingerprint density at radius 3 is 2.80 bits per heavy atom. The third-order valence-electron chi connectivity index (χ3n) is 1.88. The van der Waals surface area contributed by atoms with Gasteiger partial charge in [0.25, 0.3) is 0 Å². The van der Waals surface area contributed by atoms with Crippen molar-refractivity contribution in [2.24, 2.45) is 0 Å². The van der Waals surface area contributed by atoms with Crippen molar-refractivity contribution >= 4 is 0 Å². The Kier molecular flexibility index (Phi) is 5.66. The van der Waals surface area contributed by atoms with Crippen molar-refractivity contribution in [2.45, 2.75) is 6.61 Å². The molecule has 0 aliphatic heterocycles. The van der Waals surface area contributed by atoms with Crippen molar-refractivity contribution in [1.29, 1.82) is 0 Å². The van der Waals surface area contributed by atoms with E-state index >= 15 is 0 Å². The highest BCUT2D eigenvalue weighted by Gasteiger charge is 1.92. The lowest BCUT2D eigenvalue weighted by Gasteiger charge is -2.01. The van der Waals surface area contributed by atoms with Crippen LogP contribution in [0.15, 0.2) is 42.2 Å². The molecule has 2 nitrogen and oxygen atoms in total. The summed E-state index contributed by atoms with van der Waals surface area (Å²) in [6.45, 7) is 1.08. The van der Waals surface area contributed by atoms with Crippen molar-refractivity contribution < 1.29 is 9.13 Å². The zero-order valence-electron chi connectivity index (χ0n) is 8.87. The van der Waals surface area contributed by atoms with Gasteiger partial charge in [-0.1, -0.05) is 30.3 Å². The molecule has 0 amide bonds. The van der Waals surface area contributed by atoms with Crippen LogP contribution in [0.2, 0.25) is 0 Å². The van der Waals surface area contributed by atoms with E-state index in [9.17, 15) is 4.39 Å². The molecule has 0 saturated carbocycles. The average Bonchev–Trinajstić information content (AvgIpc) is 2.26. The van der Waals surface area contributed by atoms with E-state index in [1.807, 2.05) is 30.3 Å². The van der Waals surface area contributed by atoms with E-state index in [-0.39, 0.29) is 12.4 Å². The summed E-state index contributed by atoms with van der Waals surface area (Å²) in [4.78, 5) is 0. The fourth-order valence-electron chi connectivity index (χ4n) is 1.14. The van der Waals surface area contributed by atoms with Crippen molar-refractivity contribution in [3.8, 4) is 0 Å². The van der Waals surface area contributed by atoms with Gasteiger partial charge in [0, 0.05) is 6.54 Å². The standard InChI is InChI=1S/C12H16FNO/c1-14-9-12(13)7-8-15-10-11-5-3-2-4-6-11/h2-7,14H,8-10H2,1H3/b12-7-. The van der Waals surface area contributed by atoms with Crippen LogP contribution in [0.5, 0.6) is 0 Å². The smallest absolute Gasteiger partial charge is 0.112 e. The molecular formula is C12H16FNO. The lowest BCUT2D eigenvalue weighted by atomic mass is 10.2. The number of halogens is 1. The van der Waals surface area contributed by atoms with Crippen molar-refractivity contribution in [2.75, 3.05) is 20.2 Å². The molecule has 0 fully saturated rings. The van der Waals surface area contributed by atoms with Gasteiger partial charge in [-0.2, -0.15) is 0 Å². The van der Waals surface area contributed by atoms with Gasteiger partial charge in [-0.05, 0) is 18.7 Å². The number of ether oxygens (including phenoxy) is 1. The van der Waals surface area contributed by atoms with Crippen LogP contribution in [0, 0.1) is 0 Å². The minimum absolute atomic E-state index is 0.189. The Morgan fingerprint density at radius 2 is 2.13 bits per heavy atom. The maximum absolute atomic E-state index is 12.8. The Bertz CT molecular complexity index is 298. The number of hydrogen-bond acceptors (Lipinski definition) is 2. The summed E-state index contributed by atoms with van der Waals surface area (Å²) in [6.07, 6.45) is 1.44. The van der Waals surface area contributed by atoms with E-state index in [1.165, 1.54) is 6.08 Å². The fraction of sp³-hybridized carbons (Fsp3) is 0.333. The minimum atomic E-state index is -0.189. The van der Waals surface area contributed by atoms with Crippen LogP contribution in [-0.4, -0.2) is 20.2 Å². The second kappa shape index (κ2) is 7.15. The highest BCUT2D eigenvalue weighted by Crippen LogP contribution is 2.01. The predicted octanol–water partition coefficient (Wildman–Crippen LogP) is 2.28. The molecule has 1 aromatic rings. The van der Waals surface area contributed by atoms with Gasteiger partial charge in [0.15, 0.2) is 0 Å². The molecule has 0 aliphatic rings. The summed E-state index contributed by atoms with van der Waals surface area (Å²) in [5.41, 5.74) is 1.10. The Hall–Kier alpha value is -1.19. The van der Waals surface area contributed by atoms with Gasteiger partial charge in [0.1, 0.15) is 5.83 Å². The fourth-order valence-corrected chi connectivity index (χ4v) is 1.14. The van der Waals surface area contributed by atoms with E-state index in [1.54, 1.807) is 7.05 Å². The number of hydrogen-bond donors (Lipinski definition) is 1. The van der Waals surface area contributed by atoms with Gasteiger partial charge in [-0.25, -0.2) is 4.39 Å². The molecule has 0 atom stereocenters. The third kappa shape index (κ3) is 5.30. The predicted molar refractivity (Wildman–Crippen MR) is 59.2 cm³/mol. The van der Waals surface area contributed by atoms with Crippen LogP contribution in [0.25, 0.3) is 0 Å². The summed E-state index contributed by atoms with van der Waals surface area (Å²) < 4.78 is 18.1. The second-order valence-electron chi connectivity index (χ2n) is 3.18. The number of nitrogens with one attached hydrogen (secondary N) is 1. The Morgan fingerprint density at radius 1 is 1.40 bits per heavy atom. The molecule has 0 radical (unpaired) electrons. The molecule has 0 unspecified atom stereocenters. The number of likely N-dealkylation sites (N-methyl/N-ethyl adjacent to an activating group) is 1. The second-order valence-corrected chi connectivity index (χ2v) is 3.18. The van der Waals surface area contributed by atoms with Crippen LogP contribution >= 0.6 is 0 Å². The monoisotopic (exact) mass is 209 g/mol. The van der Waals surface area contributed by atoms with Crippen molar-refractivity contribution in [3.05, 3.63) is 47.8 Å². The van der Waals surface area contributed by atoms with Gasteiger partial charge in [0.2, 0.25) is 0 Å². The normalized spacial score (nSPS) is 11.7. The SMILES string of the molecule is CNC/C(F)=C/COCc1ccccc1. The first-order chi connectivity index (χ1) is 7.33. The lowest BCUT2D eigenvalue weighted by molar-refractivity contribution is 0.147. The zero-order chi connectivity index (χ0) is 10.9. The van der Waals surface area contributed by atoms with Crippen molar-refractivity contribution in [3.63, 3.8) is 0 Å². The highest BCUT2D eigenvalue weighted by molar-refractivity contribution is 5.13. The molecule has 3 heteroatoms. The van der Waals surface area contributed by atoms with Crippen LogP contribution in [0.4, 0.5) is 4.39 Å². The highest BCUT2D eigenvalue weighted by atomic mass is 19.1. The molecule has 1 rings (SSSR count). The van der Waals surface area contributed by atoms with Gasteiger partial charge in [0.05, 0.1) is 13.2 Å². The van der Waals surface area contributed by atoms with E-state index in [2.05, 4.69) is 5.32 Å². The topological polar surface area (TPSA) is 21.3 Å². The molecule has 1 N–H and O–H groups in total. The maximum atomic E-state index is 12.8. The summed E-state index contributed by atoms with van der Waals surface area (Å²) in [5, 5.41) is 2.73. The quantitative estimate of drug-likeness (QED) is 0.726. The largest absolute Gasteiger partial charge is 0.373 e. The van der Waals surface area contributed by atoms with Crippen LogP contribution < -0.4 is 5.32 Å². The van der Waals surface area contributed by atoms with Crippen LogP contribution in [0.3, 0.4) is 0 Å². The molecule has 82 valence electrons. The molecule has 0 aromatic heterocycles. The summed E-state index contributed by atoms with van der Waals surface area (Å²) >= 11 is 0. The van der Waals surface area contributed by atoms with Crippen molar-refractivity contribution in [1.82, 2.24) is 5.32 Å². The molecular weight excluding hydrogens is 193 g/mol. The molecule has 15 heavy (non-hydrogen) atoms. The van der Waals surface area contributed by atoms with Gasteiger partial charge < -0.3 is 10.1 Å². The first-order valence-electron chi connectivity index (χ1n) is 4.93. The third-order valence-corrected chi connectivity index (χ3v) is 1.88. The molecule has 1 aromatic carbocycles. The van der Waals surface area contributed by atoms with Gasteiger partial charge in [-0.3, -0.25) is 0 Å². The van der Waals surface area contributed by atoms with E-state index in [0.29, 0.717) is 13.2 Å². The molecule has 0 heterocycles. The van der Waals surface area contributed by atoms with E-state index in [0.717, 1.165) is 5.56 Å². The Balaban J connectivity index is 2.20. The molecule has 0 bridgehead atoms. The zero-order valence-corrected chi connectivity index (χ0v) is 8.87. The molecule has 0 aliphatic carbocycles. The van der Waals surface area contributed by atoms with Gasteiger partial charge in [-0.15, -0.1) is 0 Å². The first kappa shape index (κ1) is 11.9. The lowest BCUT2D eigenvalue weighted by Crippen LogP contribution is -2.08. The van der Waals surface area contributed by atoms with E-state index < -0.39 is 0 Å². The summed E-state index contributed by atoms with van der Waals surface area (Å²) in [5.74, 6) is -0.189. The Labute approximate surface area is 89.8 Å². The minimum Gasteiger partial charge on any atom is -0.373 e. The van der Waals surface area contributed by atoms with E-state index in [4.69, 9.17) is 4.74 Å². The maximum Gasteiger partial charge on any atom is 0.112 e. The molecule has 0 spiro atoms. The van der Waals surface area contributed by atoms with Gasteiger partial charge >= 0.3 is 0 Å². The summed E-state index contributed by atoms with van der Waals surface area (Å²) in [6, 6.07) is 9.82. The average molecular weight is 209 g/mol. The number of rotatable bonds is 6. The number of benzene rings is 1. The molecule has 0 saturated heterocycles. The van der Waals surface area contributed by atoms with Crippen LogP contribution in [-0.2, 0) is 11.3 Å².